The summed E-state index contributed by atoms with van der Waals surface area (Å²) in [5.41, 5.74) is 1.23. The van der Waals surface area contributed by atoms with Gasteiger partial charge in [0.15, 0.2) is 0 Å². The van der Waals surface area contributed by atoms with Gasteiger partial charge in [-0.2, -0.15) is 0 Å². The lowest BCUT2D eigenvalue weighted by molar-refractivity contribution is 0.358. The zero-order chi connectivity index (χ0) is 13.2. The highest BCUT2D eigenvalue weighted by molar-refractivity contribution is 5.36. The van der Waals surface area contributed by atoms with E-state index in [9.17, 15) is 0 Å². The van der Waals surface area contributed by atoms with Crippen molar-refractivity contribution in [3.63, 3.8) is 0 Å². The van der Waals surface area contributed by atoms with Crippen LogP contribution in [0.4, 0.5) is 0 Å². The smallest absolute Gasteiger partial charge is 0.149 e. The van der Waals surface area contributed by atoms with Crippen molar-refractivity contribution in [2.75, 3.05) is 13.2 Å². The maximum absolute atomic E-state index is 5.73. The van der Waals surface area contributed by atoms with Crippen molar-refractivity contribution in [3.05, 3.63) is 29.8 Å². The van der Waals surface area contributed by atoms with Crippen LogP contribution in [-0.2, 0) is 0 Å². The molecule has 0 amide bonds. The summed E-state index contributed by atoms with van der Waals surface area (Å²) in [6, 6.07) is 8.57. The van der Waals surface area contributed by atoms with Crippen molar-refractivity contribution in [2.24, 2.45) is 0 Å². The molecule has 0 saturated carbocycles. The largest absolute Gasteiger partial charge is 0.481 e. The van der Waals surface area contributed by atoms with Gasteiger partial charge in [0.05, 0.1) is 0 Å². The summed E-state index contributed by atoms with van der Waals surface area (Å²) >= 11 is 0. The van der Waals surface area contributed by atoms with E-state index in [2.05, 4.69) is 43.1 Å². The lowest BCUT2D eigenvalue weighted by Crippen LogP contribution is -2.22. The molecule has 0 aliphatic carbocycles. The highest BCUT2D eigenvalue weighted by atomic mass is 16.5. The molecule has 1 unspecified atom stereocenters. The van der Waals surface area contributed by atoms with Crippen LogP contribution in [0.5, 0.6) is 5.75 Å². The molecule has 1 rings (SSSR count). The Labute approximate surface area is 111 Å². The predicted octanol–water partition coefficient (Wildman–Crippen LogP) is 3.54. The molecule has 2 nitrogen and oxygen atoms in total. The van der Waals surface area contributed by atoms with Crippen LogP contribution in [0.2, 0.25) is 0 Å². The van der Waals surface area contributed by atoms with Gasteiger partial charge in [-0.25, -0.2) is 0 Å². The molecule has 0 aliphatic rings. The Hall–Kier alpha value is -1.46. The Kier molecular flexibility index (Phi) is 6.98. The predicted molar refractivity (Wildman–Crippen MR) is 76.7 cm³/mol. The number of hydrogen-bond donors (Lipinski definition) is 1. The van der Waals surface area contributed by atoms with Crippen molar-refractivity contribution in [1.29, 1.82) is 0 Å². The third-order valence-corrected chi connectivity index (χ3v) is 2.82. The van der Waals surface area contributed by atoms with Crippen LogP contribution in [0, 0.1) is 11.8 Å². The molecule has 0 saturated heterocycles. The van der Waals surface area contributed by atoms with E-state index in [1.807, 2.05) is 19.1 Å². The summed E-state index contributed by atoms with van der Waals surface area (Å²) < 4.78 is 5.73. The van der Waals surface area contributed by atoms with Crippen molar-refractivity contribution in [1.82, 2.24) is 5.32 Å². The molecule has 0 spiro atoms. The van der Waals surface area contributed by atoms with E-state index in [1.54, 1.807) is 0 Å². The van der Waals surface area contributed by atoms with Gasteiger partial charge >= 0.3 is 0 Å². The number of rotatable bonds is 7. The summed E-state index contributed by atoms with van der Waals surface area (Å²) in [5, 5.41) is 3.55. The minimum Gasteiger partial charge on any atom is -0.481 e. The first-order chi connectivity index (χ1) is 8.83. The van der Waals surface area contributed by atoms with Crippen molar-refractivity contribution in [2.45, 2.75) is 39.7 Å². The number of ether oxygens (including phenoxy) is 1. The monoisotopic (exact) mass is 245 g/mol. The fourth-order valence-electron chi connectivity index (χ4n) is 1.88. The molecule has 0 heterocycles. The molecular formula is C16H23NO. The Morgan fingerprint density at radius 1 is 1.28 bits per heavy atom. The summed E-state index contributed by atoms with van der Waals surface area (Å²) in [7, 11) is 0. The van der Waals surface area contributed by atoms with Crippen molar-refractivity contribution in [3.8, 4) is 17.6 Å². The molecule has 18 heavy (non-hydrogen) atoms. The van der Waals surface area contributed by atoms with Crippen LogP contribution >= 0.6 is 0 Å². The average molecular weight is 245 g/mol. The summed E-state index contributed by atoms with van der Waals surface area (Å²) in [6.45, 7) is 7.68. The fourth-order valence-corrected chi connectivity index (χ4v) is 1.88. The van der Waals surface area contributed by atoms with E-state index in [4.69, 9.17) is 4.74 Å². The quantitative estimate of drug-likeness (QED) is 0.742. The van der Waals surface area contributed by atoms with Crippen LogP contribution in [0.3, 0.4) is 0 Å². The standard InChI is InChI=1S/C16H23NO/c1-4-7-13-18-16-11-9-8-10-14(16)15(6-3)17-12-5-2/h8-11,15,17H,5-6,12-13H2,1-3H3. The molecule has 0 fully saturated rings. The van der Waals surface area contributed by atoms with Crippen LogP contribution in [0.25, 0.3) is 0 Å². The van der Waals surface area contributed by atoms with Gasteiger partial charge in [-0.3, -0.25) is 0 Å². The first-order valence-electron chi connectivity index (χ1n) is 6.68. The van der Waals surface area contributed by atoms with Crippen LogP contribution < -0.4 is 10.1 Å². The molecule has 1 N–H and O–H groups in total. The summed E-state index contributed by atoms with van der Waals surface area (Å²) in [6.07, 6.45) is 2.20. The van der Waals surface area contributed by atoms with Gasteiger partial charge < -0.3 is 10.1 Å². The number of benzene rings is 1. The number of hydrogen-bond acceptors (Lipinski definition) is 2. The van der Waals surface area contributed by atoms with E-state index in [0.29, 0.717) is 12.6 Å². The maximum Gasteiger partial charge on any atom is 0.149 e. The van der Waals surface area contributed by atoms with Gasteiger partial charge in [-0.1, -0.05) is 38.0 Å². The number of para-hydroxylation sites is 1. The molecule has 0 bridgehead atoms. The Morgan fingerprint density at radius 3 is 2.72 bits per heavy atom. The molecule has 1 aromatic rings. The Balaban J connectivity index is 2.79. The lowest BCUT2D eigenvalue weighted by Gasteiger charge is -2.20. The minimum absolute atomic E-state index is 0.357. The Morgan fingerprint density at radius 2 is 2.06 bits per heavy atom. The molecule has 0 radical (unpaired) electrons. The summed E-state index contributed by atoms with van der Waals surface area (Å²) in [4.78, 5) is 0. The highest BCUT2D eigenvalue weighted by Crippen LogP contribution is 2.27. The fraction of sp³-hybridized carbons (Fsp3) is 0.500. The van der Waals surface area contributed by atoms with Gasteiger partial charge in [0.25, 0.3) is 0 Å². The van der Waals surface area contributed by atoms with Crippen LogP contribution in [-0.4, -0.2) is 13.2 Å². The maximum atomic E-state index is 5.73. The molecule has 0 aromatic heterocycles. The molecule has 98 valence electrons. The third-order valence-electron chi connectivity index (χ3n) is 2.82. The topological polar surface area (TPSA) is 21.3 Å². The number of nitrogens with one attached hydrogen (secondary N) is 1. The lowest BCUT2D eigenvalue weighted by atomic mass is 10.0. The summed E-state index contributed by atoms with van der Waals surface area (Å²) in [5.74, 6) is 6.72. The van der Waals surface area contributed by atoms with E-state index < -0.39 is 0 Å². The molecule has 2 heteroatoms. The molecular weight excluding hydrogens is 222 g/mol. The molecule has 1 aromatic carbocycles. The molecule has 1 atom stereocenters. The second-order valence-corrected chi connectivity index (χ2v) is 4.17. The first kappa shape index (κ1) is 14.6. The van der Waals surface area contributed by atoms with Crippen LogP contribution in [0.15, 0.2) is 24.3 Å². The first-order valence-corrected chi connectivity index (χ1v) is 6.68. The minimum atomic E-state index is 0.357. The van der Waals surface area contributed by atoms with Gasteiger partial charge in [0.2, 0.25) is 0 Å². The SMILES string of the molecule is CC#CCOc1ccccc1C(CC)NCCC. The van der Waals surface area contributed by atoms with E-state index in [0.717, 1.165) is 25.1 Å². The highest BCUT2D eigenvalue weighted by Gasteiger charge is 2.12. The van der Waals surface area contributed by atoms with Crippen molar-refractivity contribution >= 4 is 0 Å². The van der Waals surface area contributed by atoms with Crippen LogP contribution in [0.1, 0.15) is 45.2 Å². The zero-order valence-electron chi connectivity index (χ0n) is 11.6. The van der Waals surface area contributed by atoms with E-state index in [1.165, 1.54) is 5.56 Å². The van der Waals surface area contributed by atoms with Gasteiger partial charge in [0.1, 0.15) is 12.4 Å². The third kappa shape index (κ3) is 4.43. The van der Waals surface area contributed by atoms with Gasteiger partial charge in [-0.15, -0.1) is 5.92 Å². The normalized spacial score (nSPS) is 11.5. The second kappa shape index (κ2) is 8.60. The van der Waals surface area contributed by atoms with Gasteiger partial charge in [0, 0.05) is 11.6 Å². The Bertz CT molecular complexity index is 403. The van der Waals surface area contributed by atoms with E-state index >= 15 is 0 Å². The average Bonchev–Trinajstić information content (AvgIpc) is 2.41. The zero-order valence-corrected chi connectivity index (χ0v) is 11.6. The second-order valence-electron chi connectivity index (χ2n) is 4.17. The van der Waals surface area contributed by atoms with E-state index in [-0.39, 0.29) is 0 Å². The van der Waals surface area contributed by atoms with Gasteiger partial charge in [-0.05, 0) is 32.4 Å². The molecule has 0 aliphatic heterocycles. The van der Waals surface area contributed by atoms with Crippen molar-refractivity contribution < 1.29 is 4.74 Å².